The molecule has 2 aromatic heterocycles. The molecule has 0 aliphatic carbocycles. The molecule has 214 valence electrons. The average molecular weight is 580 g/mol. The van der Waals surface area contributed by atoms with Crippen LogP contribution in [0.2, 0.25) is 0 Å². The number of ether oxygens (including phenoxy) is 2. The number of aromatic amines is 1. The summed E-state index contributed by atoms with van der Waals surface area (Å²) in [5, 5.41) is 0. The van der Waals surface area contributed by atoms with E-state index in [9.17, 15) is 22.4 Å². The largest absolute Gasteiger partial charge is 0.493 e. The van der Waals surface area contributed by atoms with Crippen LogP contribution in [0, 0.1) is 32.5 Å². The van der Waals surface area contributed by atoms with Crippen molar-refractivity contribution in [3.05, 3.63) is 99.2 Å². The van der Waals surface area contributed by atoms with E-state index in [1.54, 1.807) is 0 Å². The van der Waals surface area contributed by atoms with E-state index in [1.807, 2.05) is 51.5 Å². The second-order valence-corrected chi connectivity index (χ2v) is 11.7. The highest BCUT2D eigenvalue weighted by Gasteiger charge is 2.26. The van der Waals surface area contributed by atoms with Crippen molar-refractivity contribution in [2.24, 2.45) is 5.92 Å². The molecule has 0 atom stereocenters. The van der Waals surface area contributed by atoms with Gasteiger partial charge < -0.3 is 14.5 Å². The Labute approximate surface area is 237 Å². The highest BCUT2D eigenvalue weighted by atomic mass is 32.2. The number of halogens is 1. The fourth-order valence-corrected chi connectivity index (χ4v) is 5.19. The molecule has 4 aromatic rings. The first-order chi connectivity index (χ1) is 19.4. The molecular weight excluding hydrogens is 549 g/mol. The molecule has 0 radical (unpaired) electrons. The van der Waals surface area contributed by atoms with Gasteiger partial charge in [-0.2, -0.15) is 0 Å². The molecule has 0 fully saturated rings. The number of pyridine rings is 2. The van der Waals surface area contributed by atoms with Gasteiger partial charge in [0.05, 0.1) is 12.3 Å². The SMILES string of the molecule is Cc1cc(C)c(Oc2nc(-c3cc(OCC(C)C)ccc3F)ccc2C(=O)NS(=O)(=O)c2ccc[nH]c2=O)c(C)c1. The molecule has 0 saturated heterocycles. The van der Waals surface area contributed by atoms with Crippen LogP contribution in [0.15, 0.2) is 70.5 Å². The summed E-state index contributed by atoms with van der Waals surface area (Å²) in [6.45, 7) is 9.97. The zero-order valence-corrected chi connectivity index (χ0v) is 24.1. The third kappa shape index (κ3) is 6.80. The molecule has 0 aliphatic heterocycles. The summed E-state index contributed by atoms with van der Waals surface area (Å²) in [6, 6.07) is 13.1. The predicted octanol–water partition coefficient (Wildman–Crippen LogP) is 5.45. The van der Waals surface area contributed by atoms with Gasteiger partial charge in [-0.3, -0.25) is 9.59 Å². The van der Waals surface area contributed by atoms with Crippen molar-refractivity contribution < 1.29 is 27.1 Å². The van der Waals surface area contributed by atoms with E-state index in [4.69, 9.17) is 9.47 Å². The molecule has 0 saturated carbocycles. The normalized spacial score (nSPS) is 11.4. The molecular formula is C30H30FN3O6S. The van der Waals surface area contributed by atoms with Crippen molar-refractivity contribution >= 4 is 15.9 Å². The number of nitrogens with one attached hydrogen (secondary N) is 2. The van der Waals surface area contributed by atoms with Gasteiger partial charge in [-0.05, 0) is 80.3 Å². The number of carbonyl (C=O) groups is 1. The van der Waals surface area contributed by atoms with Gasteiger partial charge in [0.1, 0.15) is 22.9 Å². The number of carbonyl (C=O) groups excluding carboxylic acids is 1. The zero-order valence-electron chi connectivity index (χ0n) is 23.2. The van der Waals surface area contributed by atoms with Crippen molar-refractivity contribution in [3.63, 3.8) is 0 Å². The quantitative estimate of drug-likeness (QED) is 0.270. The number of rotatable bonds is 9. The van der Waals surface area contributed by atoms with E-state index >= 15 is 0 Å². The van der Waals surface area contributed by atoms with Gasteiger partial charge >= 0.3 is 0 Å². The van der Waals surface area contributed by atoms with Gasteiger partial charge in [0.2, 0.25) is 5.88 Å². The molecule has 4 rings (SSSR count). The smallest absolute Gasteiger partial charge is 0.270 e. The molecule has 2 heterocycles. The lowest BCUT2D eigenvalue weighted by Crippen LogP contribution is -2.34. The van der Waals surface area contributed by atoms with E-state index in [1.165, 1.54) is 42.6 Å². The van der Waals surface area contributed by atoms with Gasteiger partial charge in [-0.15, -0.1) is 0 Å². The number of aromatic nitrogens is 2. The molecule has 2 aromatic carbocycles. The van der Waals surface area contributed by atoms with Crippen molar-refractivity contribution in [1.29, 1.82) is 0 Å². The van der Waals surface area contributed by atoms with E-state index in [0.717, 1.165) is 22.8 Å². The Morgan fingerprint density at radius 1 is 1.05 bits per heavy atom. The maximum atomic E-state index is 15.0. The minimum Gasteiger partial charge on any atom is -0.493 e. The van der Waals surface area contributed by atoms with Crippen molar-refractivity contribution in [3.8, 4) is 28.6 Å². The Morgan fingerprint density at radius 3 is 2.41 bits per heavy atom. The minimum atomic E-state index is -4.54. The van der Waals surface area contributed by atoms with E-state index in [2.05, 4.69) is 9.97 Å². The van der Waals surface area contributed by atoms with Gasteiger partial charge in [0.15, 0.2) is 4.90 Å². The van der Waals surface area contributed by atoms with Crippen LogP contribution in [-0.2, 0) is 10.0 Å². The number of H-pyrrole nitrogens is 1. The number of sulfonamides is 1. The van der Waals surface area contributed by atoms with Crippen LogP contribution >= 0.6 is 0 Å². The van der Waals surface area contributed by atoms with E-state index in [0.29, 0.717) is 18.1 Å². The molecule has 1 amide bonds. The van der Waals surface area contributed by atoms with Crippen LogP contribution < -0.4 is 19.8 Å². The third-order valence-corrected chi connectivity index (χ3v) is 7.36. The summed E-state index contributed by atoms with van der Waals surface area (Å²) in [7, 11) is -4.54. The summed E-state index contributed by atoms with van der Waals surface area (Å²) in [5.41, 5.74) is 1.60. The standard InChI is InChI=1S/C30H30FN3O6S/c1-17(2)16-39-21-8-10-24(31)23(15-21)25-11-9-22(28(35)34-41(37,38)26-7-6-12-32-29(26)36)30(33-25)40-27-19(4)13-18(3)14-20(27)5/h6-15,17H,16H2,1-5H3,(H,32,36)(H,34,35). The number of hydrogen-bond donors (Lipinski definition) is 2. The molecule has 9 nitrogen and oxygen atoms in total. The first kappa shape index (κ1) is 29.5. The Balaban J connectivity index is 1.80. The van der Waals surface area contributed by atoms with Crippen LogP contribution in [0.3, 0.4) is 0 Å². The third-order valence-electron chi connectivity index (χ3n) is 6.00. The molecule has 0 unspecified atom stereocenters. The van der Waals surface area contributed by atoms with Crippen molar-refractivity contribution in [1.82, 2.24) is 14.7 Å². The number of hydrogen-bond acceptors (Lipinski definition) is 7. The van der Waals surface area contributed by atoms with Crippen molar-refractivity contribution in [2.45, 2.75) is 39.5 Å². The first-order valence-electron chi connectivity index (χ1n) is 12.8. The molecule has 11 heteroatoms. The maximum Gasteiger partial charge on any atom is 0.270 e. The summed E-state index contributed by atoms with van der Waals surface area (Å²) < 4.78 is 54.4. The van der Waals surface area contributed by atoms with Gasteiger partial charge in [0.25, 0.3) is 21.5 Å². The second kappa shape index (κ2) is 11.9. The molecule has 41 heavy (non-hydrogen) atoms. The first-order valence-corrected chi connectivity index (χ1v) is 14.3. The Bertz CT molecular complexity index is 1760. The lowest BCUT2D eigenvalue weighted by Gasteiger charge is -2.16. The van der Waals surface area contributed by atoms with Crippen LogP contribution in [0.1, 0.15) is 40.9 Å². The average Bonchev–Trinajstić information content (AvgIpc) is 2.90. The van der Waals surface area contributed by atoms with E-state index in [-0.39, 0.29) is 28.6 Å². The van der Waals surface area contributed by atoms with Gasteiger partial charge in [-0.1, -0.05) is 31.5 Å². The molecule has 0 bridgehead atoms. The van der Waals surface area contributed by atoms with Crippen LogP contribution in [-0.4, -0.2) is 30.9 Å². The lowest BCUT2D eigenvalue weighted by molar-refractivity contribution is 0.0978. The molecule has 2 N–H and O–H groups in total. The zero-order chi connectivity index (χ0) is 29.9. The Morgan fingerprint density at radius 2 is 1.76 bits per heavy atom. The number of benzene rings is 2. The maximum absolute atomic E-state index is 15.0. The van der Waals surface area contributed by atoms with Crippen LogP contribution in [0.4, 0.5) is 4.39 Å². The summed E-state index contributed by atoms with van der Waals surface area (Å²) in [4.78, 5) is 31.4. The van der Waals surface area contributed by atoms with Crippen molar-refractivity contribution in [2.75, 3.05) is 6.61 Å². The summed E-state index contributed by atoms with van der Waals surface area (Å²) >= 11 is 0. The number of nitrogens with zero attached hydrogens (tertiary/aromatic N) is 1. The minimum absolute atomic E-state index is 0.101. The van der Waals surface area contributed by atoms with Gasteiger partial charge in [0, 0.05) is 11.8 Å². The predicted molar refractivity (Wildman–Crippen MR) is 152 cm³/mol. The molecule has 0 aliphatic rings. The fourth-order valence-electron chi connectivity index (χ4n) is 4.17. The monoisotopic (exact) mass is 579 g/mol. The van der Waals surface area contributed by atoms with Crippen LogP contribution in [0.25, 0.3) is 11.3 Å². The number of amides is 1. The van der Waals surface area contributed by atoms with E-state index < -0.39 is 32.2 Å². The highest BCUT2D eigenvalue weighted by molar-refractivity contribution is 7.90. The fraction of sp³-hybridized carbons (Fsp3) is 0.233. The molecule has 0 spiro atoms. The topological polar surface area (TPSA) is 127 Å². The van der Waals surface area contributed by atoms with Gasteiger partial charge in [-0.25, -0.2) is 22.5 Å². The highest BCUT2D eigenvalue weighted by Crippen LogP contribution is 2.34. The Hall–Kier alpha value is -4.51. The number of aryl methyl sites for hydroxylation is 3. The Kier molecular flexibility index (Phi) is 8.57. The van der Waals surface area contributed by atoms with Crippen LogP contribution in [0.5, 0.6) is 17.4 Å². The second-order valence-electron chi connectivity index (χ2n) is 10.0. The summed E-state index contributed by atoms with van der Waals surface area (Å²) in [5.74, 6) is -0.814. The summed E-state index contributed by atoms with van der Waals surface area (Å²) in [6.07, 6.45) is 1.27. The lowest BCUT2D eigenvalue weighted by atomic mass is 10.1.